The van der Waals surface area contributed by atoms with E-state index >= 15 is 0 Å². The lowest BCUT2D eigenvalue weighted by Crippen LogP contribution is -2.22. The molecule has 0 atom stereocenters. The summed E-state index contributed by atoms with van der Waals surface area (Å²) in [5, 5.41) is 0. The molecule has 84 valence electrons. The first-order chi connectivity index (χ1) is 7.63. The lowest BCUT2D eigenvalue weighted by molar-refractivity contribution is 0.515. The van der Waals surface area contributed by atoms with E-state index < -0.39 is 0 Å². The first kappa shape index (κ1) is 12.2. The van der Waals surface area contributed by atoms with Gasteiger partial charge in [0.25, 0.3) is 0 Å². The van der Waals surface area contributed by atoms with Gasteiger partial charge in [0.05, 0.1) is 5.71 Å². The molecule has 0 amide bonds. The first-order valence-corrected chi connectivity index (χ1v) is 5.31. The van der Waals surface area contributed by atoms with E-state index in [1.165, 1.54) is 0 Å². The summed E-state index contributed by atoms with van der Waals surface area (Å²) in [5.74, 6) is 0.858. The molecule has 2 nitrogen and oxygen atoms in total. The molecule has 16 heavy (non-hydrogen) atoms. The fourth-order valence-corrected chi connectivity index (χ4v) is 1.48. The van der Waals surface area contributed by atoms with Crippen LogP contribution in [0.15, 0.2) is 66.1 Å². The SMILES string of the molecule is C=C/C=C1/N=C(C=C)C=C(C(=C)CC)N1C. The Morgan fingerprint density at radius 3 is 2.69 bits per heavy atom. The van der Waals surface area contributed by atoms with Crippen molar-refractivity contribution in [1.29, 1.82) is 0 Å². The van der Waals surface area contributed by atoms with Crippen LogP contribution >= 0.6 is 0 Å². The zero-order valence-electron chi connectivity index (χ0n) is 10.0. The van der Waals surface area contributed by atoms with Gasteiger partial charge in [0.2, 0.25) is 0 Å². The maximum Gasteiger partial charge on any atom is 0.133 e. The molecule has 0 radical (unpaired) electrons. The van der Waals surface area contributed by atoms with Crippen LogP contribution in [0.4, 0.5) is 0 Å². The van der Waals surface area contributed by atoms with Crippen LogP contribution in [0.5, 0.6) is 0 Å². The third-order valence-corrected chi connectivity index (χ3v) is 2.50. The molecule has 0 fully saturated rings. The predicted octanol–water partition coefficient (Wildman–Crippen LogP) is 3.44. The van der Waals surface area contributed by atoms with E-state index in [1.54, 1.807) is 12.2 Å². The Hall–Kier alpha value is -1.83. The maximum absolute atomic E-state index is 4.43. The van der Waals surface area contributed by atoms with Crippen molar-refractivity contribution in [2.75, 3.05) is 7.05 Å². The monoisotopic (exact) mass is 214 g/mol. The standard InChI is InChI=1S/C14H18N2/c1-6-9-14-15-12(8-3)10-13(16(14)5)11(4)7-2/h6,8-10H,1,3-4,7H2,2,5H3/b14-9-. The van der Waals surface area contributed by atoms with Crippen molar-refractivity contribution in [3.8, 4) is 0 Å². The van der Waals surface area contributed by atoms with Crippen LogP contribution in [0.3, 0.4) is 0 Å². The Labute approximate surface area is 97.7 Å². The Kier molecular flexibility index (Phi) is 4.06. The Bertz CT molecular complexity index is 408. The van der Waals surface area contributed by atoms with Gasteiger partial charge in [0.1, 0.15) is 5.82 Å². The molecule has 1 rings (SSSR count). The van der Waals surface area contributed by atoms with Gasteiger partial charge in [-0.25, -0.2) is 4.99 Å². The van der Waals surface area contributed by atoms with Crippen molar-refractivity contribution in [2.24, 2.45) is 4.99 Å². The van der Waals surface area contributed by atoms with Crippen LogP contribution in [0.25, 0.3) is 0 Å². The number of allylic oxidation sites excluding steroid dienone is 5. The normalized spacial score (nSPS) is 17.9. The molecule has 0 saturated carbocycles. The largest absolute Gasteiger partial charge is 0.329 e. The van der Waals surface area contributed by atoms with Gasteiger partial charge >= 0.3 is 0 Å². The Balaban J connectivity index is 3.19. The van der Waals surface area contributed by atoms with E-state index in [1.807, 2.05) is 24.1 Å². The topological polar surface area (TPSA) is 15.6 Å². The van der Waals surface area contributed by atoms with Gasteiger partial charge in [0.15, 0.2) is 0 Å². The minimum Gasteiger partial charge on any atom is -0.329 e. The highest BCUT2D eigenvalue weighted by atomic mass is 15.2. The third-order valence-electron chi connectivity index (χ3n) is 2.50. The lowest BCUT2D eigenvalue weighted by Gasteiger charge is -2.27. The molecule has 0 aliphatic carbocycles. The molecule has 2 heteroatoms. The zero-order valence-corrected chi connectivity index (χ0v) is 10.0. The summed E-state index contributed by atoms with van der Waals surface area (Å²) in [6.45, 7) is 13.6. The molecule has 1 aliphatic rings. The van der Waals surface area contributed by atoms with Gasteiger partial charge in [-0.05, 0) is 30.2 Å². The molecular formula is C14H18N2. The van der Waals surface area contributed by atoms with Gasteiger partial charge < -0.3 is 4.90 Å². The van der Waals surface area contributed by atoms with Crippen LogP contribution in [-0.2, 0) is 0 Å². The molecular weight excluding hydrogens is 196 g/mol. The second-order valence-corrected chi connectivity index (χ2v) is 3.55. The van der Waals surface area contributed by atoms with Gasteiger partial charge in [0, 0.05) is 12.7 Å². The molecule has 0 N–H and O–H groups in total. The summed E-state index contributed by atoms with van der Waals surface area (Å²) in [6, 6.07) is 0. The van der Waals surface area contributed by atoms with E-state index in [4.69, 9.17) is 0 Å². The van der Waals surface area contributed by atoms with Crippen molar-refractivity contribution in [3.05, 3.63) is 61.1 Å². The second kappa shape index (κ2) is 5.31. The van der Waals surface area contributed by atoms with Crippen LogP contribution in [0, 0.1) is 0 Å². The zero-order chi connectivity index (χ0) is 12.1. The number of hydrogen-bond acceptors (Lipinski definition) is 2. The smallest absolute Gasteiger partial charge is 0.133 e. The molecule has 1 heterocycles. The average Bonchev–Trinajstić information content (AvgIpc) is 2.31. The Morgan fingerprint density at radius 2 is 2.19 bits per heavy atom. The summed E-state index contributed by atoms with van der Waals surface area (Å²) in [6.07, 6.45) is 8.27. The van der Waals surface area contributed by atoms with E-state index in [0.717, 1.165) is 29.2 Å². The van der Waals surface area contributed by atoms with Crippen molar-refractivity contribution < 1.29 is 0 Å². The highest BCUT2D eigenvalue weighted by Crippen LogP contribution is 2.24. The van der Waals surface area contributed by atoms with E-state index in [-0.39, 0.29) is 0 Å². The third kappa shape index (κ3) is 2.40. The van der Waals surface area contributed by atoms with Gasteiger partial charge in [-0.3, -0.25) is 0 Å². The van der Waals surface area contributed by atoms with Crippen LogP contribution < -0.4 is 0 Å². The molecule has 0 bridgehead atoms. The Morgan fingerprint density at radius 1 is 1.50 bits per heavy atom. The van der Waals surface area contributed by atoms with Gasteiger partial charge in [-0.15, -0.1) is 0 Å². The van der Waals surface area contributed by atoms with Crippen molar-refractivity contribution in [3.63, 3.8) is 0 Å². The second-order valence-electron chi connectivity index (χ2n) is 3.55. The molecule has 1 aliphatic heterocycles. The summed E-state index contributed by atoms with van der Waals surface area (Å²) in [4.78, 5) is 6.45. The van der Waals surface area contributed by atoms with Gasteiger partial charge in [-0.2, -0.15) is 0 Å². The fraction of sp³-hybridized carbons (Fsp3) is 0.214. The highest BCUT2D eigenvalue weighted by molar-refractivity contribution is 6.05. The van der Waals surface area contributed by atoms with Crippen molar-refractivity contribution in [2.45, 2.75) is 13.3 Å². The predicted molar refractivity (Wildman–Crippen MR) is 71.2 cm³/mol. The van der Waals surface area contributed by atoms with Crippen LogP contribution in [0.2, 0.25) is 0 Å². The number of hydrogen-bond donors (Lipinski definition) is 0. The lowest BCUT2D eigenvalue weighted by atomic mass is 10.1. The molecule has 0 aromatic rings. The summed E-state index contributed by atoms with van der Waals surface area (Å²) in [7, 11) is 1.98. The quantitative estimate of drug-likeness (QED) is 0.700. The molecule has 0 unspecified atom stereocenters. The fourth-order valence-electron chi connectivity index (χ4n) is 1.48. The molecule has 0 aromatic carbocycles. The van der Waals surface area contributed by atoms with Crippen molar-refractivity contribution in [1.82, 2.24) is 4.90 Å². The minimum absolute atomic E-state index is 0.857. The summed E-state index contributed by atoms with van der Waals surface area (Å²) >= 11 is 0. The van der Waals surface area contributed by atoms with Crippen LogP contribution in [-0.4, -0.2) is 17.7 Å². The number of aliphatic imine (C=N–C) groups is 1. The summed E-state index contributed by atoms with van der Waals surface area (Å²) < 4.78 is 0. The van der Waals surface area contributed by atoms with Crippen molar-refractivity contribution >= 4 is 5.71 Å². The number of likely N-dealkylation sites (N-methyl/N-ethyl adjacent to an activating group) is 1. The average molecular weight is 214 g/mol. The highest BCUT2D eigenvalue weighted by Gasteiger charge is 2.16. The first-order valence-electron chi connectivity index (χ1n) is 5.31. The summed E-state index contributed by atoms with van der Waals surface area (Å²) in [5.41, 5.74) is 3.03. The molecule has 0 spiro atoms. The molecule has 0 aromatic heterocycles. The number of nitrogens with zero attached hydrogens (tertiary/aromatic N) is 2. The van der Waals surface area contributed by atoms with Gasteiger partial charge in [-0.1, -0.05) is 32.7 Å². The maximum atomic E-state index is 4.43. The molecule has 0 saturated heterocycles. The van der Waals surface area contributed by atoms with E-state index in [0.29, 0.717) is 0 Å². The minimum atomic E-state index is 0.857. The van der Waals surface area contributed by atoms with E-state index in [9.17, 15) is 0 Å². The van der Waals surface area contributed by atoms with E-state index in [2.05, 4.69) is 31.7 Å². The van der Waals surface area contributed by atoms with Crippen LogP contribution in [0.1, 0.15) is 13.3 Å². The number of rotatable bonds is 4.